The van der Waals surface area contributed by atoms with Gasteiger partial charge in [0.1, 0.15) is 0 Å². The van der Waals surface area contributed by atoms with E-state index in [0.717, 1.165) is 5.56 Å². The number of carbonyl (C=O) groups excluding carboxylic acids is 1. The molecule has 2 aromatic carbocycles. The zero-order valence-electron chi connectivity index (χ0n) is 11.4. The molecular formula is C16H20N2O. The lowest BCUT2D eigenvalue weighted by Gasteiger charge is -2.16. The third-order valence-electron chi connectivity index (χ3n) is 3.16. The van der Waals surface area contributed by atoms with Crippen LogP contribution in [0.1, 0.15) is 31.9 Å². The van der Waals surface area contributed by atoms with E-state index in [2.05, 4.69) is 35.6 Å². The standard InChI is InChI=1S/C16H20N2O/c1-11(17)9-16(19)18-12(2)14-8-7-13-5-3-4-6-15(13)10-14/h3-8,10-12H,9,17H2,1-2H3,(H,18,19). The maximum absolute atomic E-state index is 11.7. The van der Waals surface area contributed by atoms with Crippen LogP contribution in [0.3, 0.4) is 0 Å². The van der Waals surface area contributed by atoms with Gasteiger partial charge in [-0.15, -0.1) is 0 Å². The second kappa shape index (κ2) is 5.85. The molecule has 3 N–H and O–H groups in total. The van der Waals surface area contributed by atoms with Crippen molar-refractivity contribution < 1.29 is 4.79 Å². The zero-order chi connectivity index (χ0) is 13.8. The molecule has 100 valence electrons. The van der Waals surface area contributed by atoms with Crippen LogP contribution in [0.4, 0.5) is 0 Å². The van der Waals surface area contributed by atoms with E-state index in [0.29, 0.717) is 6.42 Å². The van der Waals surface area contributed by atoms with E-state index in [1.165, 1.54) is 10.8 Å². The van der Waals surface area contributed by atoms with Crippen molar-refractivity contribution in [2.75, 3.05) is 0 Å². The largest absolute Gasteiger partial charge is 0.350 e. The van der Waals surface area contributed by atoms with Crippen molar-refractivity contribution in [2.45, 2.75) is 32.4 Å². The van der Waals surface area contributed by atoms with Gasteiger partial charge >= 0.3 is 0 Å². The molecule has 0 aliphatic carbocycles. The van der Waals surface area contributed by atoms with Gasteiger partial charge in [0.05, 0.1) is 6.04 Å². The van der Waals surface area contributed by atoms with E-state index in [-0.39, 0.29) is 18.0 Å². The molecule has 19 heavy (non-hydrogen) atoms. The van der Waals surface area contributed by atoms with Crippen molar-refractivity contribution in [2.24, 2.45) is 5.73 Å². The number of amides is 1. The third kappa shape index (κ3) is 3.55. The lowest BCUT2D eigenvalue weighted by atomic mass is 10.0. The minimum absolute atomic E-state index is 0.00384. The highest BCUT2D eigenvalue weighted by molar-refractivity contribution is 5.83. The zero-order valence-corrected chi connectivity index (χ0v) is 11.4. The third-order valence-corrected chi connectivity index (χ3v) is 3.16. The number of fused-ring (bicyclic) bond motifs is 1. The van der Waals surface area contributed by atoms with Gasteiger partial charge in [0.15, 0.2) is 0 Å². The number of hydrogen-bond acceptors (Lipinski definition) is 2. The molecule has 0 spiro atoms. The van der Waals surface area contributed by atoms with E-state index in [9.17, 15) is 4.79 Å². The highest BCUT2D eigenvalue weighted by atomic mass is 16.1. The quantitative estimate of drug-likeness (QED) is 0.883. The Bertz CT molecular complexity index is 578. The molecule has 2 atom stereocenters. The van der Waals surface area contributed by atoms with E-state index in [1.54, 1.807) is 0 Å². The minimum Gasteiger partial charge on any atom is -0.350 e. The van der Waals surface area contributed by atoms with Gasteiger partial charge in [-0.2, -0.15) is 0 Å². The average molecular weight is 256 g/mol. The van der Waals surface area contributed by atoms with Crippen molar-refractivity contribution in [3.8, 4) is 0 Å². The van der Waals surface area contributed by atoms with Gasteiger partial charge < -0.3 is 11.1 Å². The van der Waals surface area contributed by atoms with Crippen LogP contribution in [0, 0.1) is 0 Å². The summed E-state index contributed by atoms with van der Waals surface area (Å²) in [5.74, 6) is -0.00402. The van der Waals surface area contributed by atoms with Crippen LogP contribution in [-0.2, 0) is 4.79 Å². The SMILES string of the molecule is CC(N)CC(=O)NC(C)c1ccc2ccccc2c1. The van der Waals surface area contributed by atoms with Gasteiger partial charge in [-0.25, -0.2) is 0 Å². The molecule has 3 heteroatoms. The summed E-state index contributed by atoms with van der Waals surface area (Å²) >= 11 is 0. The molecule has 0 bridgehead atoms. The molecule has 0 heterocycles. The summed E-state index contributed by atoms with van der Waals surface area (Å²) in [6, 6.07) is 14.3. The van der Waals surface area contributed by atoms with Crippen molar-refractivity contribution >= 4 is 16.7 Å². The molecule has 0 aliphatic heterocycles. The molecule has 0 aromatic heterocycles. The summed E-state index contributed by atoms with van der Waals surface area (Å²) in [6.45, 7) is 3.82. The second-order valence-electron chi connectivity index (χ2n) is 5.08. The fraction of sp³-hybridized carbons (Fsp3) is 0.312. The Morgan fingerprint density at radius 1 is 1.16 bits per heavy atom. The molecule has 3 nitrogen and oxygen atoms in total. The predicted molar refractivity (Wildman–Crippen MR) is 78.8 cm³/mol. The van der Waals surface area contributed by atoms with E-state index in [1.807, 2.05) is 26.0 Å². The number of hydrogen-bond donors (Lipinski definition) is 2. The normalized spacial score (nSPS) is 14.1. The molecule has 2 aromatic rings. The Balaban J connectivity index is 2.12. The maximum Gasteiger partial charge on any atom is 0.222 e. The number of nitrogens with one attached hydrogen (secondary N) is 1. The fourth-order valence-electron chi connectivity index (χ4n) is 2.15. The first-order chi connectivity index (χ1) is 9.06. The first-order valence-corrected chi connectivity index (χ1v) is 6.60. The van der Waals surface area contributed by atoms with Crippen molar-refractivity contribution in [3.63, 3.8) is 0 Å². The van der Waals surface area contributed by atoms with Gasteiger partial charge in [0.25, 0.3) is 0 Å². The number of rotatable bonds is 4. The van der Waals surface area contributed by atoms with Crippen LogP contribution in [0.2, 0.25) is 0 Å². The number of nitrogens with two attached hydrogens (primary N) is 1. The van der Waals surface area contributed by atoms with E-state index in [4.69, 9.17) is 5.73 Å². The molecule has 0 radical (unpaired) electrons. The summed E-state index contributed by atoms with van der Waals surface area (Å²) in [5, 5.41) is 5.37. The Morgan fingerprint density at radius 3 is 2.53 bits per heavy atom. The molecule has 0 saturated heterocycles. The molecule has 0 aliphatic rings. The highest BCUT2D eigenvalue weighted by Gasteiger charge is 2.11. The molecule has 0 fully saturated rings. The summed E-state index contributed by atoms with van der Waals surface area (Å²) < 4.78 is 0. The first kappa shape index (κ1) is 13.6. The number of benzene rings is 2. The molecule has 0 saturated carbocycles. The van der Waals surface area contributed by atoms with Gasteiger partial charge in [-0.1, -0.05) is 36.4 Å². The second-order valence-corrected chi connectivity index (χ2v) is 5.08. The lowest BCUT2D eigenvalue weighted by Crippen LogP contribution is -2.31. The van der Waals surface area contributed by atoms with Crippen LogP contribution >= 0.6 is 0 Å². The molecule has 2 unspecified atom stereocenters. The van der Waals surface area contributed by atoms with Crippen LogP contribution in [0.15, 0.2) is 42.5 Å². The predicted octanol–water partition coefficient (Wildman–Crippen LogP) is 2.75. The number of carbonyl (C=O) groups is 1. The minimum atomic E-state index is -0.108. The topological polar surface area (TPSA) is 55.1 Å². The summed E-state index contributed by atoms with van der Waals surface area (Å²) in [6.07, 6.45) is 0.359. The average Bonchev–Trinajstić information content (AvgIpc) is 2.37. The molecular weight excluding hydrogens is 236 g/mol. The van der Waals surface area contributed by atoms with Gasteiger partial charge in [0, 0.05) is 12.5 Å². The van der Waals surface area contributed by atoms with E-state index >= 15 is 0 Å². The molecule has 1 amide bonds. The smallest absolute Gasteiger partial charge is 0.222 e. The Hall–Kier alpha value is -1.87. The van der Waals surface area contributed by atoms with Crippen molar-refractivity contribution in [3.05, 3.63) is 48.0 Å². The summed E-state index contributed by atoms with van der Waals surface area (Å²) in [5.41, 5.74) is 6.73. The fourth-order valence-corrected chi connectivity index (χ4v) is 2.15. The van der Waals surface area contributed by atoms with Gasteiger partial charge in [-0.3, -0.25) is 4.79 Å². The van der Waals surface area contributed by atoms with Crippen LogP contribution in [-0.4, -0.2) is 11.9 Å². The summed E-state index contributed by atoms with van der Waals surface area (Å²) in [4.78, 5) is 11.7. The van der Waals surface area contributed by atoms with Crippen molar-refractivity contribution in [1.82, 2.24) is 5.32 Å². The van der Waals surface area contributed by atoms with Gasteiger partial charge in [0.2, 0.25) is 5.91 Å². The first-order valence-electron chi connectivity index (χ1n) is 6.60. The van der Waals surface area contributed by atoms with Gasteiger partial charge in [-0.05, 0) is 36.2 Å². The van der Waals surface area contributed by atoms with Crippen LogP contribution < -0.4 is 11.1 Å². The van der Waals surface area contributed by atoms with Crippen LogP contribution in [0.25, 0.3) is 10.8 Å². The van der Waals surface area contributed by atoms with Crippen molar-refractivity contribution in [1.29, 1.82) is 0 Å². The van der Waals surface area contributed by atoms with E-state index < -0.39 is 0 Å². The Labute approximate surface area is 113 Å². The molecule has 2 rings (SSSR count). The Kier molecular flexibility index (Phi) is 4.17. The highest BCUT2D eigenvalue weighted by Crippen LogP contribution is 2.20. The monoisotopic (exact) mass is 256 g/mol. The Morgan fingerprint density at radius 2 is 1.84 bits per heavy atom. The maximum atomic E-state index is 11.7. The lowest BCUT2D eigenvalue weighted by molar-refractivity contribution is -0.122. The summed E-state index contributed by atoms with van der Waals surface area (Å²) in [7, 11) is 0. The van der Waals surface area contributed by atoms with Crippen LogP contribution in [0.5, 0.6) is 0 Å².